The number of benzene rings is 1. The normalized spacial score (nSPS) is 24.8. The van der Waals surface area contributed by atoms with Gasteiger partial charge in [0.25, 0.3) is 0 Å². The average Bonchev–Trinajstić information content (AvgIpc) is 2.83. The van der Waals surface area contributed by atoms with E-state index in [1.807, 2.05) is 24.3 Å². The van der Waals surface area contributed by atoms with Gasteiger partial charge in [-0.15, -0.1) is 0 Å². The molecule has 1 aromatic carbocycles. The van der Waals surface area contributed by atoms with E-state index in [1.54, 1.807) is 7.11 Å². The fourth-order valence-electron chi connectivity index (χ4n) is 2.40. The smallest absolute Gasteiger partial charge is 0.141 e. The molecule has 4 heteroatoms. The molecule has 1 fully saturated rings. The number of nitrogens with one attached hydrogen (secondary N) is 1. The lowest BCUT2D eigenvalue weighted by Crippen LogP contribution is -2.40. The van der Waals surface area contributed by atoms with Crippen LogP contribution in [0, 0.1) is 0 Å². The molecule has 0 amide bonds. The van der Waals surface area contributed by atoms with Crippen molar-refractivity contribution in [3.8, 4) is 5.75 Å². The summed E-state index contributed by atoms with van der Waals surface area (Å²) in [6.07, 6.45) is 2.69. The van der Waals surface area contributed by atoms with Gasteiger partial charge in [-0.1, -0.05) is 12.1 Å². The molecule has 3 N–H and O–H groups in total. The largest absolute Gasteiger partial charge is 0.495 e. The second-order valence-corrected chi connectivity index (χ2v) is 4.75. The first-order valence-electron chi connectivity index (χ1n) is 6.49. The Morgan fingerprint density at radius 1 is 1.44 bits per heavy atom. The molecule has 18 heavy (non-hydrogen) atoms. The minimum atomic E-state index is 0.131. The molecular formula is C14H22N2O2. The Balaban J connectivity index is 2.05. The average molecular weight is 250 g/mol. The Morgan fingerprint density at radius 3 is 2.83 bits per heavy atom. The molecule has 0 bridgehead atoms. The van der Waals surface area contributed by atoms with E-state index in [0.717, 1.165) is 24.3 Å². The van der Waals surface area contributed by atoms with Crippen molar-refractivity contribution in [1.29, 1.82) is 0 Å². The summed E-state index contributed by atoms with van der Waals surface area (Å²) in [6.45, 7) is 2.66. The summed E-state index contributed by atoms with van der Waals surface area (Å²) < 4.78 is 11.2. The van der Waals surface area contributed by atoms with Crippen LogP contribution in [0.4, 0.5) is 5.69 Å². The number of rotatable bonds is 5. The molecule has 1 saturated heterocycles. The van der Waals surface area contributed by atoms with E-state index in [4.69, 9.17) is 15.2 Å². The van der Waals surface area contributed by atoms with Crippen LogP contribution in [0.2, 0.25) is 0 Å². The lowest BCUT2D eigenvalue weighted by molar-refractivity contribution is 0.0459. The summed E-state index contributed by atoms with van der Waals surface area (Å²) in [6, 6.07) is 8.01. The number of anilines is 1. The summed E-state index contributed by atoms with van der Waals surface area (Å²) in [5.74, 6) is 0.835. The molecule has 1 aliphatic rings. The highest BCUT2D eigenvalue weighted by molar-refractivity contribution is 5.56. The van der Waals surface area contributed by atoms with Crippen LogP contribution < -0.4 is 15.8 Å². The second-order valence-electron chi connectivity index (χ2n) is 4.75. The van der Waals surface area contributed by atoms with Gasteiger partial charge in [0.2, 0.25) is 0 Å². The predicted octanol–water partition coefficient (Wildman–Crippen LogP) is 2.00. The van der Waals surface area contributed by atoms with Gasteiger partial charge in [0.05, 0.1) is 31.0 Å². The molecule has 100 valence electrons. The molecule has 0 spiro atoms. The highest BCUT2D eigenvalue weighted by Crippen LogP contribution is 2.27. The molecule has 3 atom stereocenters. The highest BCUT2D eigenvalue weighted by Gasteiger charge is 2.29. The van der Waals surface area contributed by atoms with Crippen molar-refractivity contribution in [2.75, 3.05) is 19.0 Å². The van der Waals surface area contributed by atoms with Gasteiger partial charge >= 0.3 is 0 Å². The summed E-state index contributed by atoms with van der Waals surface area (Å²) in [7, 11) is 1.67. The molecule has 0 saturated carbocycles. The molecule has 4 nitrogen and oxygen atoms in total. The molecule has 0 aliphatic carbocycles. The van der Waals surface area contributed by atoms with E-state index in [2.05, 4.69) is 12.2 Å². The third-order valence-corrected chi connectivity index (χ3v) is 3.42. The number of methoxy groups -OCH3 is 1. The fourth-order valence-corrected chi connectivity index (χ4v) is 2.40. The fraction of sp³-hybridized carbons (Fsp3) is 0.571. The molecular weight excluding hydrogens is 228 g/mol. The summed E-state index contributed by atoms with van der Waals surface area (Å²) in [4.78, 5) is 0. The van der Waals surface area contributed by atoms with Crippen LogP contribution in [0.15, 0.2) is 24.3 Å². The van der Waals surface area contributed by atoms with E-state index in [1.165, 1.54) is 0 Å². The van der Waals surface area contributed by atoms with Gasteiger partial charge in [0.15, 0.2) is 0 Å². The third-order valence-electron chi connectivity index (χ3n) is 3.42. The van der Waals surface area contributed by atoms with Crippen LogP contribution in [-0.4, -0.2) is 31.9 Å². The van der Waals surface area contributed by atoms with Crippen LogP contribution >= 0.6 is 0 Å². The van der Waals surface area contributed by atoms with Gasteiger partial charge in [-0.25, -0.2) is 0 Å². The number of para-hydroxylation sites is 2. The number of nitrogens with two attached hydrogens (primary N) is 1. The third kappa shape index (κ3) is 2.94. The Labute approximate surface area is 108 Å². The number of hydrogen-bond acceptors (Lipinski definition) is 4. The minimum absolute atomic E-state index is 0.131. The topological polar surface area (TPSA) is 56.5 Å². The monoisotopic (exact) mass is 250 g/mol. The Morgan fingerprint density at radius 2 is 2.22 bits per heavy atom. The molecule has 2 rings (SSSR count). The van der Waals surface area contributed by atoms with Crippen LogP contribution in [0.25, 0.3) is 0 Å². The van der Waals surface area contributed by atoms with Crippen LogP contribution in [0.5, 0.6) is 5.75 Å². The van der Waals surface area contributed by atoms with E-state index in [9.17, 15) is 0 Å². The first-order valence-corrected chi connectivity index (χ1v) is 6.49. The zero-order valence-electron chi connectivity index (χ0n) is 11.1. The van der Waals surface area contributed by atoms with Crippen molar-refractivity contribution in [2.24, 2.45) is 5.73 Å². The van der Waals surface area contributed by atoms with Crippen LogP contribution in [0.1, 0.15) is 19.8 Å². The van der Waals surface area contributed by atoms with Gasteiger partial charge in [-0.2, -0.15) is 0 Å². The van der Waals surface area contributed by atoms with Crippen molar-refractivity contribution >= 4 is 5.69 Å². The van der Waals surface area contributed by atoms with Crippen molar-refractivity contribution in [3.05, 3.63) is 24.3 Å². The number of ether oxygens (including phenoxy) is 2. The Bertz CT molecular complexity index is 384. The second kappa shape index (κ2) is 6.07. The predicted molar refractivity (Wildman–Crippen MR) is 73.0 cm³/mol. The summed E-state index contributed by atoms with van der Waals surface area (Å²) >= 11 is 0. The van der Waals surface area contributed by atoms with Gasteiger partial charge in [0.1, 0.15) is 5.75 Å². The molecule has 1 aromatic rings. The maximum atomic E-state index is 5.88. The first-order chi connectivity index (χ1) is 8.74. The Hall–Kier alpha value is -1.26. The maximum absolute atomic E-state index is 5.88. The van der Waals surface area contributed by atoms with Gasteiger partial charge < -0.3 is 20.5 Å². The van der Waals surface area contributed by atoms with Crippen molar-refractivity contribution in [1.82, 2.24) is 0 Å². The zero-order valence-corrected chi connectivity index (χ0v) is 11.1. The Kier molecular flexibility index (Phi) is 4.44. The molecule has 1 aliphatic heterocycles. The van der Waals surface area contributed by atoms with Gasteiger partial charge in [-0.3, -0.25) is 0 Å². The van der Waals surface area contributed by atoms with E-state index in [0.29, 0.717) is 12.6 Å². The first kappa shape index (κ1) is 13.2. The van der Waals surface area contributed by atoms with Crippen molar-refractivity contribution in [3.63, 3.8) is 0 Å². The SMILES string of the molecule is COc1ccccc1NC(CN)C1CCC(C)O1. The molecule has 3 unspecified atom stereocenters. The van der Waals surface area contributed by atoms with Gasteiger partial charge in [0, 0.05) is 6.54 Å². The maximum Gasteiger partial charge on any atom is 0.141 e. The zero-order chi connectivity index (χ0) is 13.0. The molecule has 0 radical (unpaired) electrons. The van der Waals surface area contributed by atoms with Crippen molar-refractivity contribution in [2.45, 2.75) is 38.0 Å². The van der Waals surface area contributed by atoms with Gasteiger partial charge in [-0.05, 0) is 31.9 Å². The lowest BCUT2D eigenvalue weighted by Gasteiger charge is -2.25. The lowest BCUT2D eigenvalue weighted by atomic mass is 10.1. The summed E-state index contributed by atoms with van der Waals surface area (Å²) in [5, 5.41) is 3.44. The number of hydrogen-bond donors (Lipinski definition) is 2. The van der Waals surface area contributed by atoms with E-state index >= 15 is 0 Å². The standard InChI is InChI=1S/C14H22N2O2/c1-10-7-8-14(18-10)12(9-15)16-11-5-3-4-6-13(11)17-2/h3-6,10,12,14,16H,7-9,15H2,1-2H3. The van der Waals surface area contributed by atoms with Crippen molar-refractivity contribution < 1.29 is 9.47 Å². The molecule has 1 heterocycles. The van der Waals surface area contributed by atoms with Crippen LogP contribution in [0.3, 0.4) is 0 Å². The summed E-state index contributed by atoms with van der Waals surface area (Å²) in [5.41, 5.74) is 6.83. The van der Waals surface area contributed by atoms with Crippen LogP contribution in [-0.2, 0) is 4.74 Å². The quantitative estimate of drug-likeness (QED) is 0.839. The minimum Gasteiger partial charge on any atom is -0.495 e. The van der Waals surface area contributed by atoms with E-state index in [-0.39, 0.29) is 12.1 Å². The van der Waals surface area contributed by atoms with E-state index < -0.39 is 0 Å². The highest BCUT2D eigenvalue weighted by atomic mass is 16.5. The molecule has 0 aromatic heterocycles.